The third-order valence-electron chi connectivity index (χ3n) is 6.05. The zero-order chi connectivity index (χ0) is 20.2. The minimum absolute atomic E-state index is 0.222. The normalized spacial score (nSPS) is 16.0. The second-order valence-electron chi connectivity index (χ2n) is 7.93. The summed E-state index contributed by atoms with van der Waals surface area (Å²) in [4.78, 5) is 24.8. The molecule has 0 unspecified atom stereocenters. The topological polar surface area (TPSA) is 63.1 Å². The average molecular weight is 401 g/mol. The second-order valence-corrected chi connectivity index (χ2v) is 7.93. The molecule has 7 heteroatoms. The van der Waals surface area contributed by atoms with Gasteiger partial charge in [0.2, 0.25) is 0 Å². The predicted octanol–water partition coefficient (Wildman–Crippen LogP) is 2.91. The molecule has 6 rings (SSSR count). The Morgan fingerprint density at radius 1 is 1.00 bits per heavy atom. The van der Waals surface area contributed by atoms with E-state index >= 15 is 0 Å². The summed E-state index contributed by atoms with van der Waals surface area (Å²) in [7, 11) is 0. The van der Waals surface area contributed by atoms with Crippen LogP contribution in [0.4, 0.5) is 10.1 Å². The molecule has 2 aliphatic heterocycles. The molecule has 4 heterocycles. The van der Waals surface area contributed by atoms with Crippen molar-refractivity contribution in [2.75, 3.05) is 31.1 Å². The third kappa shape index (κ3) is 2.62. The van der Waals surface area contributed by atoms with Gasteiger partial charge < -0.3 is 10.2 Å². The van der Waals surface area contributed by atoms with E-state index in [9.17, 15) is 9.18 Å². The highest BCUT2D eigenvalue weighted by Gasteiger charge is 2.26. The fraction of sp³-hybridized carbons (Fsp3) is 0.261. The Morgan fingerprint density at radius 2 is 1.90 bits per heavy atom. The van der Waals surface area contributed by atoms with Gasteiger partial charge in [0.15, 0.2) is 5.82 Å². The molecule has 4 aromatic rings. The zero-order valence-corrected chi connectivity index (χ0v) is 16.4. The molecule has 2 aliphatic rings. The third-order valence-corrected chi connectivity index (χ3v) is 6.05. The highest BCUT2D eigenvalue weighted by atomic mass is 19.1. The van der Waals surface area contributed by atoms with E-state index in [2.05, 4.69) is 11.4 Å². The van der Waals surface area contributed by atoms with Crippen molar-refractivity contribution in [3.05, 3.63) is 64.2 Å². The molecule has 0 spiro atoms. The summed E-state index contributed by atoms with van der Waals surface area (Å²) in [6.07, 6.45) is 0.947. The minimum atomic E-state index is -0.372. The number of pyridine rings is 1. The van der Waals surface area contributed by atoms with Crippen LogP contribution in [0.1, 0.15) is 12.0 Å². The number of rotatable bonds is 1. The number of hydrogen-bond donors (Lipinski definition) is 1. The molecule has 2 aromatic heterocycles. The van der Waals surface area contributed by atoms with E-state index in [1.54, 1.807) is 10.6 Å². The van der Waals surface area contributed by atoms with E-state index < -0.39 is 0 Å². The highest BCUT2D eigenvalue weighted by Crippen LogP contribution is 2.32. The Labute approximate surface area is 172 Å². The lowest BCUT2D eigenvalue weighted by molar-refractivity contribution is 0.619. The summed E-state index contributed by atoms with van der Waals surface area (Å²) in [5.41, 5.74) is 3.37. The molecular formula is C23H20FN5O. The first-order valence-electron chi connectivity index (χ1n) is 10.3. The number of anilines is 1. The van der Waals surface area contributed by atoms with Gasteiger partial charge in [-0.3, -0.25) is 9.36 Å². The SMILES string of the molecule is O=c1c2cc(F)c(N3CCCNCC3)cc2nc2n1Cc1cc3ccccc3nc1-2. The Kier molecular flexibility index (Phi) is 3.86. The highest BCUT2D eigenvalue weighted by molar-refractivity contribution is 5.87. The summed E-state index contributed by atoms with van der Waals surface area (Å²) >= 11 is 0. The first-order chi connectivity index (χ1) is 14.7. The number of aromatic nitrogens is 3. The van der Waals surface area contributed by atoms with Gasteiger partial charge in [-0.2, -0.15) is 0 Å². The van der Waals surface area contributed by atoms with Gasteiger partial charge in [-0.15, -0.1) is 0 Å². The summed E-state index contributed by atoms with van der Waals surface area (Å²) in [5.74, 6) is 0.187. The largest absolute Gasteiger partial charge is 0.368 e. The first-order valence-corrected chi connectivity index (χ1v) is 10.3. The molecule has 0 bridgehead atoms. The monoisotopic (exact) mass is 401 g/mol. The quantitative estimate of drug-likeness (QED) is 0.468. The Hall–Kier alpha value is -3.32. The summed E-state index contributed by atoms with van der Waals surface area (Å²) < 4.78 is 16.6. The fourth-order valence-corrected chi connectivity index (χ4v) is 4.53. The molecule has 0 amide bonds. The van der Waals surface area contributed by atoms with Crippen molar-refractivity contribution in [3.8, 4) is 11.5 Å². The molecule has 1 fully saturated rings. The summed E-state index contributed by atoms with van der Waals surface area (Å²) in [6.45, 7) is 3.64. The lowest BCUT2D eigenvalue weighted by Gasteiger charge is -2.23. The van der Waals surface area contributed by atoms with Crippen LogP contribution in [-0.4, -0.2) is 40.7 Å². The van der Waals surface area contributed by atoms with Gasteiger partial charge in [-0.1, -0.05) is 18.2 Å². The number of halogens is 1. The molecule has 0 saturated carbocycles. The van der Waals surface area contributed by atoms with E-state index in [0.717, 1.165) is 54.8 Å². The van der Waals surface area contributed by atoms with Crippen molar-refractivity contribution < 1.29 is 4.39 Å². The maximum atomic E-state index is 15.0. The first kappa shape index (κ1) is 17.5. The van der Waals surface area contributed by atoms with Crippen LogP contribution in [0.15, 0.2) is 47.3 Å². The molecular weight excluding hydrogens is 381 g/mol. The molecule has 1 saturated heterocycles. The van der Waals surface area contributed by atoms with Crippen molar-refractivity contribution in [1.29, 1.82) is 0 Å². The number of para-hydroxylation sites is 1. The van der Waals surface area contributed by atoms with Crippen LogP contribution in [0, 0.1) is 5.82 Å². The molecule has 0 radical (unpaired) electrons. The van der Waals surface area contributed by atoms with Crippen molar-refractivity contribution in [2.45, 2.75) is 13.0 Å². The van der Waals surface area contributed by atoms with E-state index in [0.29, 0.717) is 29.0 Å². The van der Waals surface area contributed by atoms with E-state index in [-0.39, 0.29) is 11.4 Å². The standard InChI is InChI=1S/C23H20FN5O/c24-17-11-16-19(12-20(17)28-8-3-6-25-7-9-28)27-22-21-15(13-29(22)23(16)30)10-14-4-1-2-5-18(14)26-21/h1-2,4-5,10-12,25H,3,6-9,13H2. The maximum absolute atomic E-state index is 15.0. The van der Waals surface area contributed by atoms with Crippen LogP contribution < -0.4 is 15.8 Å². The van der Waals surface area contributed by atoms with Gasteiger partial charge in [-0.25, -0.2) is 14.4 Å². The van der Waals surface area contributed by atoms with Crippen LogP contribution in [0.3, 0.4) is 0 Å². The number of fused-ring (bicyclic) bond motifs is 5. The Balaban J connectivity index is 1.55. The molecule has 6 nitrogen and oxygen atoms in total. The lowest BCUT2D eigenvalue weighted by atomic mass is 10.1. The minimum Gasteiger partial charge on any atom is -0.368 e. The smallest absolute Gasteiger partial charge is 0.262 e. The number of hydrogen-bond acceptors (Lipinski definition) is 5. The van der Waals surface area contributed by atoms with Crippen molar-refractivity contribution in [3.63, 3.8) is 0 Å². The van der Waals surface area contributed by atoms with Gasteiger partial charge in [0.1, 0.15) is 11.5 Å². The molecule has 0 atom stereocenters. The molecule has 30 heavy (non-hydrogen) atoms. The second kappa shape index (κ2) is 6.60. The van der Waals surface area contributed by atoms with Crippen LogP contribution >= 0.6 is 0 Å². The van der Waals surface area contributed by atoms with Gasteiger partial charge >= 0.3 is 0 Å². The van der Waals surface area contributed by atoms with E-state index in [1.165, 1.54) is 6.07 Å². The van der Waals surface area contributed by atoms with Crippen LogP contribution in [-0.2, 0) is 6.54 Å². The number of benzene rings is 2. The zero-order valence-electron chi connectivity index (χ0n) is 16.4. The fourth-order valence-electron chi connectivity index (χ4n) is 4.53. The van der Waals surface area contributed by atoms with Crippen molar-refractivity contribution in [1.82, 2.24) is 19.9 Å². The predicted molar refractivity (Wildman–Crippen MR) is 115 cm³/mol. The average Bonchev–Trinajstić information content (AvgIpc) is 2.92. The number of nitrogens with one attached hydrogen (secondary N) is 1. The van der Waals surface area contributed by atoms with Crippen LogP contribution in [0.2, 0.25) is 0 Å². The lowest BCUT2D eigenvalue weighted by Crippen LogP contribution is -2.29. The Morgan fingerprint density at radius 3 is 2.83 bits per heavy atom. The van der Waals surface area contributed by atoms with Crippen molar-refractivity contribution in [2.24, 2.45) is 0 Å². The maximum Gasteiger partial charge on any atom is 0.262 e. The van der Waals surface area contributed by atoms with Gasteiger partial charge in [0.25, 0.3) is 5.56 Å². The van der Waals surface area contributed by atoms with Gasteiger partial charge in [0.05, 0.1) is 28.7 Å². The molecule has 150 valence electrons. The van der Waals surface area contributed by atoms with Crippen molar-refractivity contribution >= 4 is 27.5 Å². The Bertz CT molecular complexity index is 1370. The summed E-state index contributed by atoms with van der Waals surface area (Å²) in [5, 5.41) is 4.67. The molecule has 0 aliphatic carbocycles. The molecule has 1 N–H and O–H groups in total. The van der Waals surface area contributed by atoms with Crippen LogP contribution in [0.5, 0.6) is 0 Å². The van der Waals surface area contributed by atoms with Gasteiger partial charge in [-0.05, 0) is 37.2 Å². The van der Waals surface area contributed by atoms with E-state index in [4.69, 9.17) is 9.97 Å². The molecule has 2 aromatic carbocycles. The van der Waals surface area contributed by atoms with E-state index in [1.807, 2.05) is 29.2 Å². The van der Waals surface area contributed by atoms with Crippen LogP contribution in [0.25, 0.3) is 33.3 Å². The number of nitrogens with zero attached hydrogens (tertiary/aromatic N) is 4. The van der Waals surface area contributed by atoms with Gasteiger partial charge in [0, 0.05) is 30.6 Å². The summed E-state index contributed by atoms with van der Waals surface area (Å²) in [6, 6.07) is 13.0.